The van der Waals surface area contributed by atoms with Crippen LogP contribution in [0.25, 0.3) is 0 Å². The Morgan fingerprint density at radius 2 is 2.00 bits per heavy atom. The zero-order valence-electron chi connectivity index (χ0n) is 5.85. The summed E-state index contributed by atoms with van der Waals surface area (Å²) in [5.41, 5.74) is -1.00. The first kappa shape index (κ1) is 9.37. The minimum atomic E-state index is -4.51. The van der Waals surface area contributed by atoms with Gasteiger partial charge in [-0.1, -0.05) is 0 Å². The fourth-order valence-electron chi connectivity index (χ4n) is 0.792. The maximum absolute atomic E-state index is 12.1. The van der Waals surface area contributed by atoms with Crippen molar-refractivity contribution in [1.82, 2.24) is 9.78 Å². The summed E-state index contributed by atoms with van der Waals surface area (Å²) in [6.45, 7) is 0. The van der Waals surface area contributed by atoms with E-state index in [0.29, 0.717) is 4.68 Å². The molecule has 0 radical (unpaired) electrons. The van der Waals surface area contributed by atoms with Gasteiger partial charge in [0.1, 0.15) is 4.47 Å². The molecule has 12 heavy (non-hydrogen) atoms. The van der Waals surface area contributed by atoms with Crippen molar-refractivity contribution in [2.24, 2.45) is 7.05 Å². The van der Waals surface area contributed by atoms with Crippen LogP contribution < -0.4 is 0 Å². The van der Waals surface area contributed by atoms with Gasteiger partial charge in [-0.3, -0.25) is 4.68 Å². The summed E-state index contributed by atoms with van der Waals surface area (Å²) >= 11 is 2.58. The van der Waals surface area contributed by atoms with Crippen molar-refractivity contribution in [3.8, 4) is 5.88 Å². The summed E-state index contributed by atoms with van der Waals surface area (Å²) in [5.74, 6) is -0.662. The zero-order chi connectivity index (χ0) is 9.52. The molecule has 0 amide bonds. The molecule has 1 heterocycles. The fourth-order valence-corrected chi connectivity index (χ4v) is 1.35. The lowest BCUT2D eigenvalue weighted by Gasteiger charge is -2.05. The largest absolute Gasteiger partial charge is 0.491 e. The molecular formula is C5H4BrF3N2O. The molecule has 0 aliphatic rings. The van der Waals surface area contributed by atoms with Gasteiger partial charge in [0.25, 0.3) is 0 Å². The van der Waals surface area contributed by atoms with Gasteiger partial charge in [0.2, 0.25) is 5.88 Å². The molecule has 0 aromatic carbocycles. The van der Waals surface area contributed by atoms with Crippen LogP contribution in [0.3, 0.4) is 0 Å². The maximum Gasteiger partial charge on any atom is 0.434 e. The van der Waals surface area contributed by atoms with Gasteiger partial charge in [-0.25, -0.2) is 0 Å². The van der Waals surface area contributed by atoms with Crippen molar-refractivity contribution in [1.29, 1.82) is 0 Å². The van der Waals surface area contributed by atoms with E-state index in [2.05, 4.69) is 21.0 Å². The fraction of sp³-hybridized carbons (Fsp3) is 0.400. The van der Waals surface area contributed by atoms with Crippen LogP contribution in [0.1, 0.15) is 5.69 Å². The summed E-state index contributed by atoms with van der Waals surface area (Å²) in [6.07, 6.45) is -4.51. The standard InChI is InChI=1S/C5H4BrF3N2O/c1-11-3(5(7,8)9)2(6)4(12)10-11/h1H3,(H,10,12). The molecular weight excluding hydrogens is 241 g/mol. The van der Waals surface area contributed by atoms with Crippen LogP contribution in [0.2, 0.25) is 0 Å². The number of halogens is 4. The Morgan fingerprint density at radius 1 is 1.50 bits per heavy atom. The SMILES string of the molecule is Cn1nc(O)c(Br)c1C(F)(F)F. The number of aromatic hydroxyl groups is 1. The molecule has 0 saturated heterocycles. The normalized spacial score (nSPS) is 12.1. The average molecular weight is 245 g/mol. The Morgan fingerprint density at radius 3 is 2.17 bits per heavy atom. The summed E-state index contributed by atoms with van der Waals surface area (Å²) in [7, 11) is 1.10. The molecule has 0 aliphatic carbocycles. The van der Waals surface area contributed by atoms with E-state index < -0.39 is 22.2 Å². The maximum atomic E-state index is 12.1. The summed E-state index contributed by atoms with van der Waals surface area (Å²) in [6, 6.07) is 0. The third kappa shape index (κ3) is 1.40. The van der Waals surface area contributed by atoms with Crippen LogP contribution in [-0.2, 0) is 13.2 Å². The van der Waals surface area contributed by atoms with Gasteiger partial charge >= 0.3 is 6.18 Å². The third-order valence-electron chi connectivity index (χ3n) is 1.24. The first-order valence-electron chi connectivity index (χ1n) is 2.82. The molecule has 0 bridgehead atoms. The Balaban J connectivity index is 3.32. The van der Waals surface area contributed by atoms with Crippen LogP contribution in [-0.4, -0.2) is 14.9 Å². The van der Waals surface area contributed by atoms with Gasteiger partial charge in [0.05, 0.1) is 0 Å². The first-order chi connectivity index (χ1) is 5.34. The van der Waals surface area contributed by atoms with E-state index in [-0.39, 0.29) is 0 Å². The molecule has 1 aromatic heterocycles. The molecule has 1 N–H and O–H groups in total. The molecule has 0 atom stereocenters. The van der Waals surface area contributed by atoms with Crippen LogP contribution >= 0.6 is 15.9 Å². The second-order valence-electron chi connectivity index (χ2n) is 2.11. The molecule has 1 aromatic rings. The average Bonchev–Trinajstić information content (AvgIpc) is 2.05. The van der Waals surface area contributed by atoms with Gasteiger partial charge in [-0.2, -0.15) is 13.2 Å². The minimum absolute atomic E-state index is 0.433. The zero-order valence-corrected chi connectivity index (χ0v) is 7.44. The second-order valence-corrected chi connectivity index (χ2v) is 2.90. The van der Waals surface area contributed by atoms with E-state index in [0.717, 1.165) is 7.05 Å². The van der Waals surface area contributed by atoms with Gasteiger partial charge in [0, 0.05) is 7.05 Å². The molecule has 68 valence electrons. The topological polar surface area (TPSA) is 38.0 Å². The highest BCUT2D eigenvalue weighted by Crippen LogP contribution is 2.38. The Kier molecular flexibility index (Phi) is 2.07. The van der Waals surface area contributed by atoms with Crippen LogP contribution in [0.15, 0.2) is 4.47 Å². The minimum Gasteiger partial charge on any atom is -0.491 e. The van der Waals surface area contributed by atoms with Crippen molar-refractivity contribution in [2.45, 2.75) is 6.18 Å². The number of aromatic nitrogens is 2. The van der Waals surface area contributed by atoms with Crippen molar-refractivity contribution in [3.05, 3.63) is 10.2 Å². The Bertz CT molecular complexity index is 306. The predicted octanol–water partition coefficient (Wildman–Crippen LogP) is 1.91. The third-order valence-corrected chi connectivity index (χ3v) is 1.97. The summed E-state index contributed by atoms with van der Waals surface area (Å²) < 4.78 is 36.5. The smallest absolute Gasteiger partial charge is 0.434 e. The van der Waals surface area contributed by atoms with E-state index in [4.69, 9.17) is 5.11 Å². The molecule has 7 heteroatoms. The van der Waals surface area contributed by atoms with Crippen molar-refractivity contribution in [2.75, 3.05) is 0 Å². The van der Waals surface area contributed by atoms with Crippen molar-refractivity contribution < 1.29 is 18.3 Å². The Hall–Kier alpha value is -0.720. The molecule has 0 fully saturated rings. The van der Waals surface area contributed by atoms with Gasteiger partial charge in [-0.15, -0.1) is 5.10 Å². The van der Waals surface area contributed by atoms with E-state index in [1.165, 1.54) is 0 Å². The lowest BCUT2D eigenvalue weighted by atomic mass is 10.4. The highest BCUT2D eigenvalue weighted by atomic mass is 79.9. The number of alkyl halides is 3. The molecule has 0 unspecified atom stereocenters. The van der Waals surface area contributed by atoms with E-state index in [1.54, 1.807) is 0 Å². The molecule has 0 spiro atoms. The lowest BCUT2D eigenvalue weighted by Crippen LogP contribution is -2.12. The molecule has 3 nitrogen and oxygen atoms in total. The van der Waals surface area contributed by atoms with Gasteiger partial charge in [-0.05, 0) is 15.9 Å². The van der Waals surface area contributed by atoms with E-state index in [9.17, 15) is 13.2 Å². The van der Waals surface area contributed by atoms with E-state index >= 15 is 0 Å². The number of rotatable bonds is 0. The Labute approximate surface area is 73.9 Å². The lowest BCUT2D eigenvalue weighted by molar-refractivity contribution is -0.144. The number of hydrogen-bond acceptors (Lipinski definition) is 2. The monoisotopic (exact) mass is 244 g/mol. The predicted molar refractivity (Wildman–Crippen MR) is 37.6 cm³/mol. The highest BCUT2D eigenvalue weighted by Gasteiger charge is 2.38. The van der Waals surface area contributed by atoms with Gasteiger partial charge in [0.15, 0.2) is 5.69 Å². The van der Waals surface area contributed by atoms with Crippen LogP contribution in [0.5, 0.6) is 5.88 Å². The second kappa shape index (κ2) is 2.65. The highest BCUT2D eigenvalue weighted by molar-refractivity contribution is 9.10. The van der Waals surface area contributed by atoms with Crippen molar-refractivity contribution in [3.63, 3.8) is 0 Å². The first-order valence-corrected chi connectivity index (χ1v) is 3.62. The quantitative estimate of drug-likeness (QED) is 0.758. The number of nitrogens with zero attached hydrogens (tertiary/aromatic N) is 2. The molecule has 0 aliphatic heterocycles. The number of hydrogen-bond donors (Lipinski definition) is 1. The van der Waals surface area contributed by atoms with E-state index in [1.807, 2.05) is 0 Å². The summed E-state index contributed by atoms with van der Waals surface area (Å²) in [4.78, 5) is 0. The summed E-state index contributed by atoms with van der Waals surface area (Å²) in [5, 5.41) is 12.0. The molecule has 0 saturated carbocycles. The number of aryl methyl sites for hydroxylation is 1. The van der Waals surface area contributed by atoms with Gasteiger partial charge < -0.3 is 5.11 Å². The molecule has 1 rings (SSSR count). The van der Waals surface area contributed by atoms with Crippen LogP contribution in [0.4, 0.5) is 13.2 Å². The van der Waals surface area contributed by atoms with Crippen molar-refractivity contribution >= 4 is 15.9 Å². The van der Waals surface area contributed by atoms with Crippen LogP contribution in [0, 0.1) is 0 Å².